The Balaban J connectivity index is 1.26. The van der Waals surface area contributed by atoms with Gasteiger partial charge >= 0.3 is 12.0 Å². The smallest absolute Gasteiger partial charge is 0.329 e. The van der Waals surface area contributed by atoms with Crippen molar-refractivity contribution in [2.24, 2.45) is 0 Å². The second-order valence-electron chi connectivity index (χ2n) is 8.11. The van der Waals surface area contributed by atoms with Gasteiger partial charge in [-0.25, -0.2) is 9.59 Å². The molecule has 4 N–H and O–H groups in total. The van der Waals surface area contributed by atoms with Gasteiger partial charge in [0.2, 0.25) is 5.91 Å². The molecule has 13 heteroatoms. The predicted octanol–water partition coefficient (Wildman–Crippen LogP) is -0.00400. The molecule has 2 aliphatic rings. The number of rotatable bonds is 22. The Morgan fingerprint density at radius 3 is 2.11 bits per heavy atom. The number of thioether (sulfide) groups is 1. The lowest BCUT2D eigenvalue weighted by Gasteiger charge is -2.16. The molecule has 12 nitrogen and oxygen atoms in total. The number of aliphatic carboxylic acids is 1. The van der Waals surface area contributed by atoms with Crippen LogP contribution in [0.25, 0.3) is 0 Å². The fourth-order valence-corrected chi connectivity index (χ4v) is 5.21. The Morgan fingerprint density at radius 2 is 1.49 bits per heavy atom. The number of carboxylic acid groups (broad SMARTS) is 1. The van der Waals surface area contributed by atoms with Crippen LogP contribution in [0.1, 0.15) is 25.7 Å². The molecule has 0 spiro atoms. The van der Waals surface area contributed by atoms with Crippen molar-refractivity contribution >= 4 is 29.7 Å². The van der Waals surface area contributed by atoms with Crippen LogP contribution in [-0.2, 0) is 33.3 Å². The first-order chi connectivity index (χ1) is 17.1. The molecule has 0 aromatic rings. The van der Waals surface area contributed by atoms with Crippen molar-refractivity contribution in [2.75, 3.05) is 78.4 Å². The highest BCUT2D eigenvalue weighted by Crippen LogP contribution is 2.33. The van der Waals surface area contributed by atoms with Crippen molar-refractivity contribution in [1.29, 1.82) is 0 Å². The zero-order valence-electron chi connectivity index (χ0n) is 20.2. The lowest BCUT2D eigenvalue weighted by Crippen LogP contribution is -2.36. The lowest BCUT2D eigenvalue weighted by atomic mass is 10.0. The van der Waals surface area contributed by atoms with E-state index in [0.29, 0.717) is 71.1 Å². The average Bonchev–Trinajstić information content (AvgIpc) is 3.37. The van der Waals surface area contributed by atoms with E-state index >= 15 is 0 Å². The number of amides is 3. The van der Waals surface area contributed by atoms with Crippen LogP contribution in [0.3, 0.4) is 0 Å². The molecule has 2 heterocycles. The van der Waals surface area contributed by atoms with Crippen LogP contribution in [0.2, 0.25) is 0 Å². The number of hydrogen-bond acceptors (Lipinski definition) is 9. The van der Waals surface area contributed by atoms with Crippen molar-refractivity contribution in [3.05, 3.63) is 0 Å². The van der Waals surface area contributed by atoms with Crippen molar-refractivity contribution < 1.29 is 43.2 Å². The number of carbonyl (C=O) groups excluding carboxylic acids is 2. The highest BCUT2D eigenvalue weighted by Gasteiger charge is 2.42. The van der Waals surface area contributed by atoms with E-state index in [9.17, 15) is 14.4 Å². The molecule has 202 valence electrons. The highest BCUT2D eigenvalue weighted by molar-refractivity contribution is 8.00. The molecular formula is C22H39N3O9S. The van der Waals surface area contributed by atoms with Gasteiger partial charge in [0.1, 0.15) is 6.61 Å². The maximum absolute atomic E-state index is 11.9. The van der Waals surface area contributed by atoms with Gasteiger partial charge in [0.25, 0.3) is 0 Å². The van der Waals surface area contributed by atoms with E-state index in [1.54, 1.807) is 0 Å². The third-order valence-corrected chi connectivity index (χ3v) is 6.87. The van der Waals surface area contributed by atoms with Gasteiger partial charge in [-0.15, -0.1) is 0 Å². The number of nitrogens with one attached hydrogen (secondary N) is 3. The summed E-state index contributed by atoms with van der Waals surface area (Å²) in [5.41, 5.74) is 0. The van der Waals surface area contributed by atoms with Gasteiger partial charge in [-0.3, -0.25) is 4.79 Å². The van der Waals surface area contributed by atoms with Crippen LogP contribution in [0.5, 0.6) is 0 Å². The Bertz CT molecular complexity index is 629. The predicted molar refractivity (Wildman–Crippen MR) is 129 cm³/mol. The van der Waals surface area contributed by atoms with Gasteiger partial charge in [0.15, 0.2) is 0 Å². The summed E-state index contributed by atoms with van der Waals surface area (Å²) in [6.07, 6.45) is 3.32. The number of carboxylic acids is 1. The maximum Gasteiger partial charge on any atom is 0.329 e. The molecule has 0 radical (unpaired) electrons. The monoisotopic (exact) mass is 521 g/mol. The molecule has 2 aliphatic heterocycles. The molecule has 35 heavy (non-hydrogen) atoms. The first-order valence-corrected chi connectivity index (χ1v) is 13.2. The zero-order chi connectivity index (χ0) is 25.1. The second kappa shape index (κ2) is 18.6. The normalized spacial score (nSPS) is 20.9. The van der Waals surface area contributed by atoms with Crippen LogP contribution in [-0.4, -0.2) is 119 Å². The zero-order valence-corrected chi connectivity index (χ0v) is 21.0. The fraction of sp³-hybridized carbons (Fsp3) is 0.864. The number of carbonyl (C=O) groups is 3. The molecule has 0 saturated carbocycles. The van der Waals surface area contributed by atoms with E-state index in [1.165, 1.54) is 0 Å². The quantitative estimate of drug-likeness (QED) is 0.113. The van der Waals surface area contributed by atoms with E-state index in [0.717, 1.165) is 25.0 Å². The van der Waals surface area contributed by atoms with Crippen LogP contribution in [0, 0.1) is 0 Å². The number of ether oxygens (including phenoxy) is 5. The van der Waals surface area contributed by atoms with Crippen molar-refractivity contribution in [3.63, 3.8) is 0 Å². The van der Waals surface area contributed by atoms with Crippen molar-refractivity contribution in [2.45, 2.75) is 43.0 Å². The molecule has 2 rings (SSSR count). The van der Waals surface area contributed by atoms with Gasteiger partial charge < -0.3 is 44.7 Å². The standard InChI is InChI=1S/C22H39N3O9S/c26-19(4-2-1-3-18-21-17(16-35-18)24-22(29)25-21)23-5-6-30-7-8-31-9-10-32-11-12-33-13-14-34-15-20(27)28/h17-18,21H,1-16H2,(H,23,26)(H,27,28)(H2,24,25,29)/t17-,18-,21-/m0/s1. The maximum atomic E-state index is 11.9. The minimum Gasteiger partial charge on any atom is -0.480 e. The highest BCUT2D eigenvalue weighted by atomic mass is 32.2. The minimum atomic E-state index is -0.999. The largest absolute Gasteiger partial charge is 0.480 e. The SMILES string of the molecule is O=C(O)COCCOCCOCCOCCOCCNC(=O)CCCC[C@@H]1SC[C@@H]2NC(=O)N[C@@H]21. The van der Waals surface area contributed by atoms with Crippen molar-refractivity contribution in [1.82, 2.24) is 16.0 Å². The molecule has 0 unspecified atom stereocenters. The fourth-order valence-electron chi connectivity index (χ4n) is 3.66. The molecule has 2 fully saturated rings. The average molecular weight is 522 g/mol. The summed E-state index contributed by atoms with van der Waals surface area (Å²) in [5, 5.41) is 17.6. The first-order valence-electron chi connectivity index (χ1n) is 12.1. The molecule has 2 saturated heterocycles. The van der Waals surface area contributed by atoms with Crippen LogP contribution in [0.4, 0.5) is 4.79 Å². The van der Waals surface area contributed by atoms with Gasteiger partial charge in [0, 0.05) is 24.0 Å². The van der Waals surface area contributed by atoms with Gasteiger partial charge in [-0.05, 0) is 12.8 Å². The van der Waals surface area contributed by atoms with Crippen molar-refractivity contribution in [3.8, 4) is 0 Å². The van der Waals surface area contributed by atoms with E-state index in [-0.39, 0.29) is 37.2 Å². The summed E-state index contributed by atoms with van der Waals surface area (Å²) >= 11 is 1.89. The Hall–Kier alpha value is -1.64. The van der Waals surface area contributed by atoms with Gasteiger partial charge in [-0.2, -0.15) is 11.8 Å². The number of unbranched alkanes of at least 4 members (excludes halogenated alkanes) is 1. The third kappa shape index (κ3) is 13.9. The summed E-state index contributed by atoms with van der Waals surface area (Å²) in [5.74, 6) is -0.00791. The molecule has 0 aromatic carbocycles. The summed E-state index contributed by atoms with van der Waals surface area (Å²) < 4.78 is 26.3. The summed E-state index contributed by atoms with van der Waals surface area (Å²) in [7, 11) is 0. The molecule has 3 amide bonds. The lowest BCUT2D eigenvalue weighted by molar-refractivity contribution is -0.142. The summed E-state index contributed by atoms with van der Waals surface area (Å²) in [4.78, 5) is 33.6. The van der Waals surface area contributed by atoms with E-state index in [4.69, 9.17) is 28.8 Å². The topological polar surface area (TPSA) is 154 Å². The van der Waals surface area contributed by atoms with Crippen LogP contribution in [0.15, 0.2) is 0 Å². The third-order valence-electron chi connectivity index (χ3n) is 5.36. The Kier molecular flexibility index (Phi) is 15.7. The molecule has 3 atom stereocenters. The molecular weight excluding hydrogens is 482 g/mol. The van der Waals surface area contributed by atoms with Gasteiger partial charge in [0.05, 0.1) is 71.5 Å². The van der Waals surface area contributed by atoms with Gasteiger partial charge in [-0.1, -0.05) is 6.42 Å². The van der Waals surface area contributed by atoms with E-state index in [1.807, 2.05) is 11.8 Å². The molecule has 0 aromatic heterocycles. The summed E-state index contributed by atoms with van der Waals surface area (Å²) in [6.45, 7) is 3.78. The van der Waals surface area contributed by atoms with Crippen LogP contribution >= 0.6 is 11.8 Å². The molecule has 0 aliphatic carbocycles. The first kappa shape index (κ1) is 29.6. The van der Waals surface area contributed by atoms with E-state index in [2.05, 4.69) is 16.0 Å². The molecule has 0 bridgehead atoms. The summed E-state index contributed by atoms with van der Waals surface area (Å²) in [6, 6.07) is 0.404. The minimum absolute atomic E-state index is 0.0338. The van der Waals surface area contributed by atoms with E-state index < -0.39 is 5.97 Å². The number of hydrogen-bond donors (Lipinski definition) is 4. The second-order valence-corrected chi connectivity index (χ2v) is 9.39. The number of fused-ring (bicyclic) bond motifs is 1. The van der Waals surface area contributed by atoms with Crippen LogP contribution < -0.4 is 16.0 Å². The Labute approximate surface area is 210 Å². The number of urea groups is 1. The Morgan fingerprint density at radius 1 is 0.886 bits per heavy atom.